The highest BCUT2D eigenvalue weighted by Gasteiger charge is 2.16. The number of para-hydroxylation sites is 1. The molecule has 2 aromatic heterocycles. The molecule has 4 aromatic rings. The van der Waals surface area contributed by atoms with Gasteiger partial charge in [0, 0.05) is 43.8 Å². The molecule has 0 spiro atoms. The normalized spacial score (nSPS) is 14.5. The highest BCUT2D eigenvalue weighted by Crippen LogP contribution is 2.26. The summed E-state index contributed by atoms with van der Waals surface area (Å²) in [6.07, 6.45) is 1.44. The van der Waals surface area contributed by atoms with Crippen LogP contribution in [0, 0.1) is 6.92 Å². The lowest BCUT2D eigenvalue weighted by atomic mass is 10.1. The third-order valence-electron chi connectivity index (χ3n) is 5.96. The number of piperazine rings is 1. The second kappa shape index (κ2) is 8.51. The van der Waals surface area contributed by atoms with E-state index < -0.39 is 11.2 Å². The zero-order valence-electron chi connectivity index (χ0n) is 18.6. The van der Waals surface area contributed by atoms with Crippen molar-refractivity contribution in [3.8, 4) is 5.69 Å². The molecule has 3 heterocycles. The van der Waals surface area contributed by atoms with Crippen molar-refractivity contribution in [2.24, 2.45) is 0 Å². The predicted octanol–water partition coefficient (Wildman–Crippen LogP) is 2.27. The number of hydrogen-bond donors (Lipinski definition) is 2. The standard InChI is InChI=1S/C24H25N7O2/c1-16-14-17(8-9-20(16)30-12-10-29(2)11-13-30)26-23-25-15-19-21(27-23)28-24(33)31(22(19)32)18-6-4-3-5-7-18/h3-9,14-15H,10-13H2,1-2H3,(H2,25,26,27,28,33). The van der Waals surface area contributed by atoms with Crippen LogP contribution < -0.4 is 21.5 Å². The van der Waals surface area contributed by atoms with Crippen LogP contribution in [-0.4, -0.2) is 57.6 Å². The van der Waals surface area contributed by atoms with Gasteiger partial charge in [0.05, 0.1) is 5.69 Å². The van der Waals surface area contributed by atoms with Gasteiger partial charge in [0.2, 0.25) is 5.95 Å². The first-order chi connectivity index (χ1) is 16.0. The Morgan fingerprint density at radius 1 is 1.00 bits per heavy atom. The fourth-order valence-electron chi connectivity index (χ4n) is 4.14. The van der Waals surface area contributed by atoms with E-state index in [2.05, 4.69) is 56.2 Å². The number of aromatic amines is 1. The number of nitrogens with zero attached hydrogens (tertiary/aromatic N) is 5. The van der Waals surface area contributed by atoms with E-state index in [9.17, 15) is 9.59 Å². The summed E-state index contributed by atoms with van der Waals surface area (Å²) in [6, 6.07) is 14.9. The molecule has 2 N–H and O–H groups in total. The van der Waals surface area contributed by atoms with Crippen molar-refractivity contribution in [1.82, 2.24) is 24.4 Å². The number of aryl methyl sites for hydroxylation is 1. The molecule has 0 radical (unpaired) electrons. The van der Waals surface area contributed by atoms with Crippen molar-refractivity contribution in [2.45, 2.75) is 6.92 Å². The molecule has 33 heavy (non-hydrogen) atoms. The number of hydrogen-bond acceptors (Lipinski definition) is 7. The van der Waals surface area contributed by atoms with Crippen LogP contribution in [0.2, 0.25) is 0 Å². The van der Waals surface area contributed by atoms with Gasteiger partial charge in [-0.1, -0.05) is 18.2 Å². The number of likely N-dealkylation sites (N-methyl/N-ethyl adjacent to an activating group) is 1. The fourth-order valence-corrected chi connectivity index (χ4v) is 4.14. The van der Waals surface area contributed by atoms with E-state index in [0.717, 1.165) is 42.0 Å². The Balaban J connectivity index is 1.42. The van der Waals surface area contributed by atoms with Gasteiger partial charge < -0.3 is 15.1 Å². The molecule has 0 bridgehead atoms. The van der Waals surface area contributed by atoms with E-state index in [4.69, 9.17) is 0 Å². The van der Waals surface area contributed by atoms with E-state index in [1.165, 1.54) is 11.9 Å². The number of rotatable bonds is 4. The van der Waals surface area contributed by atoms with Gasteiger partial charge in [0.1, 0.15) is 5.39 Å². The largest absolute Gasteiger partial charge is 0.369 e. The predicted molar refractivity (Wildman–Crippen MR) is 130 cm³/mol. The Bertz CT molecular complexity index is 1420. The molecular formula is C24H25N7O2. The van der Waals surface area contributed by atoms with E-state index in [1.807, 2.05) is 12.1 Å². The van der Waals surface area contributed by atoms with Crippen molar-refractivity contribution < 1.29 is 0 Å². The van der Waals surface area contributed by atoms with E-state index >= 15 is 0 Å². The summed E-state index contributed by atoms with van der Waals surface area (Å²) < 4.78 is 1.08. The van der Waals surface area contributed by atoms with Gasteiger partial charge in [0.25, 0.3) is 5.56 Å². The first kappa shape index (κ1) is 20.9. The molecule has 1 aliphatic heterocycles. The minimum absolute atomic E-state index is 0.195. The minimum Gasteiger partial charge on any atom is -0.369 e. The number of benzene rings is 2. The van der Waals surface area contributed by atoms with Gasteiger partial charge in [-0.05, 0) is 49.9 Å². The number of anilines is 3. The first-order valence-corrected chi connectivity index (χ1v) is 10.9. The van der Waals surface area contributed by atoms with E-state index in [-0.39, 0.29) is 11.0 Å². The van der Waals surface area contributed by atoms with Gasteiger partial charge in [-0.15, -0.1) is 0 Å². The highest BCUT2D eigenvalue weighted by molar-refractivity contribution is 5.74. The topological polar surface area (TPSA) is 99.1 Å². The summed E-state index contributed by atoms with van der Waals surface area (Å²) >= 11 is 0. The monoisotopic (exact) mass is 443 g/mol. The maximum Gasteiger partial charge on any atom is 0.334 e. The second-order valence-electron chi connectivity index (χ2n) is 8.28. The summed E-state index contributed by atoms with van der Waals surface area (Å²) in [5.74, 6) is 0.307. The fraction of sp³-hybridized carbons (Fsp3) is 0.250. The van der Waals surface area contributed by atoms with Crippen LogP contribution in [0.5, 0.6) is 0 Å². The maximum atomic E-state index is 12.9. The molecule has 0 aliphatic carbocycles. The highest BCUT2D eigenvalue weighted by atomic mass is 16.2. The maximum absolute atomic E-state index is 12.9. The van der Waals surface area contributed by atoms with Crippen molar-refractivity contribution in [1.29, 1.82) is 0 Å². The number of nitrogens with one attached hydrogen (secondary N) is 2. The molecule has 9 nitrogen and oxygen atoms in total. The first-order valence-electron chi connectivity index (χ1n) is 10.9. The molecule has 9 heteroatoms. The summed E-state index contributed by atoms with van der Waals surface area (Å²) in [7, 11) is 2.14. The molecule has 2 aromatic carbocycles. The van der Waals surface area contributed by atoms with Crippen molar-refractivity contribution in [2.75, 3.05) is 43.4 Å². The minimum atomic E-state index is -0.546. The van der Waals surface area contributed by atoms with E-state index in [1.54, 1.807) is 24.3 Å². The zero-order chi connectivity index (χ0) is 22.9. The molecule has 0 unspecified atom stereocenters. The Labute approximate surface area is 190 Å². The van der Waals surface area contributed by atoms with Crippen molar-refractivity contribution >= 4 is 28.4 Å². The average molecular weight is 444 g/mol. The molecule has 0 atom stereocenters. The molecule has 1 aliphatic rings. The van der Waals surface area contributed by atoms with Gasteiger partial charge in [0.15, 0.2) is 5.65 Å². The Kier molecular flexibility index (Phi) is 5.39. The average Bonchev–Trinajstić information content (AvgIpc) is 2.80. The second-order valence-corrected chi connectivity index (χ2v) is 8.28. The molecule has 1 saturated heterocycles. The molecule has 0 amide bonds. The van der Waals surface area contributed by atoms with E-state index in [0.29, 0.717) is 11.6 Å². The van der Waals surface area contributed by atoms with Crippen molar-refractivity contribution in [3.05, 3.63) is 81.1 Å². The summed E-state index contributed by atoms with van der Waals surface area (Å²) in [4.78, 5) is 41.6. The number of H-pyrrole nitrogens is 1. The lowest BCUT2D eigenvalue weighted by Gasteiger charge is -2.35. The molecule has 0 saturated carbocycles. The third kappa shape index (κ3) is 4.10. The molecule has 1 fully saturated rings. The lowest BCUT2D eigenvalue weighted by molar-refractivity contribution is 0.312. The Morgan fingerprint density at radius 2 is 1.76 bits per heavy atom. The van der Waals surface area contributed by atoms with Gasteiger partial charge in [-0.2, -0.15) is 4.98 Å². The summed E-state index contributed by atoms with van der Waals surface area (Å²) in [6.45, 7) is 6.20. The van der Waals surface area contributed by atoms with Crippen LogP contribution in [0.3, 0.4) is 0 Å². The Hall–Kier alpha value is -3.98. The summed E-state index contributed by atoms with van der Waals surface area (Å²) in [5.41, 5.74) is 2.90. The quantitative estimate of drug-likeness (QED) is 0.499. The van der Waals surface area contributed by atoms with Crippen LogP contribution in [-0.2, 0) is 0 Å². The van der Waals surface area contributed by atoms with Gasteiger partial charge >= 0.3 is 5.69 Å². The Morgan fingerprint density at radius 3 is 2.48 bits per heavy atom. The molecular weight excluding hydrogens is 418 g/mol. The van der Waals surface area contributed by atoms with Crippen LogP contribution in [0.25, 0.3) is 16.7 Å². The van der Waals surface area contributed by atoms with Crippen LogP contribution in [0.15, 0.2) is 64.3 Å². The SMILES string of the molecule is Cc1cc(Nc2ncc3c(=O)n(-c4ccccc4)c(=O)[nH]c3n2)ccc1N1CCN(C)CC1. The summed E-state index contributed by atoms with van der Waals surface area (Å²) in [5, 5.41) is 3.42. The molecule has 5 rings (SSSR count). The zero-order valence-corrected chi connectivity index (χ0v) is 18.6. The number of fused-ring (bicyclic) bond motifs is 1. The van der Waals surface area contributed by atoms with Gasteiger partial charge in [-0.25, -0.2) is 14.3 Å². The van der Waals surface area contributed by atoms with Crippen LogP contribution >= 0.6 is 0 Å². The van der Waals surface area contributed by atoms with Crippen LogP contribution in [0.4, 0.5) is 17.3 Å². The number of aromatic nitrogens is 4. The third-order valence-corrected chi connectivity index (χ3v) is 5.96. The van der Waals surface area contributed by atoms with Crippen molar-refractivity contribution in [3.63, 3.8) is 0 Å². The van der Waals surface area contributed by atoms with Gasteiger partial charge in [-0.3, -0.25) is 9.78 Å². The van der Waals surface area contributed by atoms with Crippen LogP contribution in [0.1, 0.15) is 5.56 Å². The smallest absolute Gasteiger partial charge is 0.334 e. The molecule has 168 valence electrons. The lowest BCUT2D eigenvalue weighted by Crippen LogP contribution is -2.44.